The third kappa shape index (κ3) is 4.59. The minimum Gasteiger partial charge on any atom is -0.279 e. The third-order valence-corrected chi connectivity index (χ3v) is 3.21. The first-order chi connectivity index (χ1) is 5.80. The molecule has 0 aliphatic carbocycles. The van der Waals surface area contributed by atoms with E-state index in [0.717, 1.165) is 0 Å². The molecule has 78 valence electrons. The number of nitrogens with one attached hydrogen (secondary N) is 1. The van der Waals surface area contributed by atoms with Crippen LogP contribution in [0.4, 0.5) is 0 Å². The van der Waals surface area contributed by atoms with Crippen molar-refractivity contribution < 1.29 is 13.2 Å². The lowest BCUT2D eigenvalue weighted by molar-refractivity contribution is -0.113. The Bertz CT molecular complexity index is 273. The molecule has 0 rings (SSSR count). The van der Waals surface area contributed by atoms with Gasteiger partial charge < -0.3 is 0 Å². The average molecular weight is 228 g/mol. The SMILES string of the molecule is CCS(=O)(=O)NC(C(=O)Cl)C(C)C. The van der Waals surface area contributed by atoms with Crippen molar-refractivity contribution in [3.8, 4) is 0 Å². The summed E-state index contributed by atoms with van der Waals surface area (Å²) < 4.78 is 24.4. The lowest BCUT2D eigenvalue weighted by atomic mass is 10.1. The van der Waals surface area contributed by atoms with Crippen LogP contribution in [0.2, 0.25) is 0 Å². The fourth-order valence-electron chi connectivity index (χ4n) is 0.721. The average Bonchev–Trinajstić information content (AvgIpc) is 1.99. The Morgan fingerprint density at radius 3 is 2.15 bits per heavy atom. The number of hydrogen-bond acceptors (Lipinski definition) is 3. The summed E-state index contributed by atoms with van der Waals surface area (Å²) >= 11 is 5.24. The van der Waals surface area contributed by atoms with Gasteiger partial charge in [0.05, 0.1) is 11.8 Å². The van der Waals surface area contributed by atoms with Crippen LogP contribution in [0.1, 0.15) is 20.8 Å². The van der Waals surface area contributed by atoms with Crippen LogP contribution < -0.4 is 4.72 Å². The summed E-state index contributed by atoms with van der Waals surface area (Å²) in [6.07, 6.45) is 0. The Morgan fingerprint density at radius 1 is 1.46 bits per heavy atom. The molecule has 1 atom stereocenters. The normalized spacial score (nSPS) is 14.5. The van der Waals surface area contributed by atoms with E-state index in [1.807, 2.05) is 0 Å². The molecule has 0 aromatic rings. The van der Waals surface area contributed by atoms with E-state index in [-0.39, 0.29) is 11.7 Å². The summed E-state index contributed by atoms with van der Waals surface area (Å²) in [4.78, 5) is 10.8. The number of hydrogen-bond donors (Lipinski definition) is 1. The van der Waals surface area contributed by atoms with E-state index >= 15 is 0 Å². The summed E-state index contributed by atoms with van der Waals surface area (Å²) in [6, 6.07) is -0.827. The van der Waals surface area contributed by atoms with Crippen LogP contribution in [0.25, 0.3) is 0 Å². The molecule has 0 aromatic carbocycles. The molecule has 1 unspecified atom stereocenters. The maximum atomic E-state index is 11.1. The van der Waals surface area contributed by atoms with Crippen molar-refractivity contribution in [2.45, 2.75) is 26.8 Å². The smallest absolute Gasteiger partial charge is 0.239 e. The van der Waals surface area contributed by atoms with Crippen molar-refractivity contribution in [2.75, 3.05) is 5.75 Å². The molecule has 0 radical (unpaired) electrons. The van der Waals surface area contributed by atoms with Crippen molar-refractivity contribution in [2.24, 2.45) is 5.92 Å². The summed E-state index contributed by atoms with van der Waals surface area (Å²) in [5.74, 6) is -0.202. The van der Waals surface area contributed by atoms with E-state index in [0.29, 0.717) is 0 Å². The van der Waals surface area contributed by atoms with Gasteiger partial charge in [0.1, 0.15) is 0 Å². The molecule has 0 aromatic heterocycles. The maximum absolute atomic E-state index is 11.1. The number of halogens is 1. The topological polar surface area (TPSA) is 63.2 Å². The Labute approximate surface area is 83.7 Å². The Morgan fingerprint density at radius 2 is 1.92 bits per heavy atom. The van der Waals surface area contributed by atoms with Crippen LogP contribution in [0.5, 0.6) is 0 Å². The Kier molecular flexibility index (Phi) is 4.88. The highest BCUT2D eigenvalue weighted by Crippen LogP contribution is 2.06. The van der Waals surface area contributed by atoms with E-state index in [1.165, 1.54) is 6.92 Å². The van der Waals surface area contributed by atoms with E-state index < -0.39 is 21.3 Å². The third-order valence-electron chi connectivity index (χ3n) is 1.60. The number of rotatable bonds is 5. The minimum atomic E-state index is -3.36. The largest absolute Gasteiger partial charge is 0.279 e. The van der Waals surface area contributed by atoms with Gasteiger partial charge in [-0.15, -0.1) is 0 Å². The van der Waals surface area contributed by atoms with Crippen molar-refractivity contribution >= 4 is 26.9 Å². The van der Waals surface area contributed by atoms with Gasteiger partial charge in [-0.3, -0.25) is 4.79 Å². The fraction of sp³-hybridized carbons (Fsp3) is 0.857. The van der Waals surface area contributed by atoms with E-state index in [9.17, 15) is 13.2 Å². The monoisotopic (exact) mass is 227 g/mol. The quantitative estimate of drug-likeness (QED) is 0.704. The van der Waals surface area contributed by atoms with Crippen molar-refractivity contribution in [1.82, 2.24) is 4.72 Å². The Balaban J connectivity index is 4.54. The van der Waals surface area contributed by atoms with Crippen LogP contribution in [0, 0.1) is 5.92 Å². The van der Waals surface area contributed by atoms with E-state index in [4.69, 9.17) is 11.6 Å². The zero-order valence-corrected chi connectivity index (χ0v) is 9.45. The molecule has 0 bridgehead atoms. The molecule has 0 saturated carbocycles. The van der Waals surface area contributed by atoms with Crippen LogP contribution in [0.15, 0.2) is 0 Å². The van der Waals surface area contributed by atoms with Gasteiger partial charge in [-0.05, 0) is 24.4 Å². The molecular formula is C7H14ClNO3S. The van der Waals surface area contributed by atoms with Crippen LogP contribution >= 0.6 is 11.6 Å². The second kappa shape index (κ2) is 4.93. The molecule has 0 saturated heterocycles. The molecule has 0 fully saturated rings. The zero-order valence-electron chi connectivity index (χ0n) is 7.87. The standard InChI is InChI=1S/C7H14ClNO3S/c1-4-13(11,12)9-6(5(2)3)7(8)10/h5-6,9H,4H2,1-3H3. The van der Waals surface area contributed by atoms with Gasteiger partial charge in [-0.1, -0.05) is 13.8 Å². The molecule has 0 spiro atoms. The predicted octanol–water partition coefficient (Wildman–Crippen LogP) is 0.716. The second-order valence-corrected chi connectivity index (χ2v) is 5.46. The first-order valence-corrected chi connectivity index (χ1v) is 6.02. The highest BCUT2D eigenvalue weighted by atomic mass is 35.5. The molecule has 0 heterocycles. The van der Waals surface area contributed by atoms with Gasteiger partial charge in [0.2, 0.25) is 15.3 Å². The van der Waals surface area contributed by atoms with Crippen LogP contribution in [0.3, 0.4) is 0 Å². The van der Waals surface area contributed by atoms with Gasteiger partial charge in [0, 0.05) is 0 Å². The maximum Gasteiger partial charge on any atom is 0.239 e. The van der Waals surface area contributed by atoms with Crippen LogP contribution in [-0.2, 0) is 14.8 Å². The molecule has 1 N–H and O–H groups in total. The van der Waals surface area contributed by atoms with Gasteiger partial charge in [-0.25, -0.2) is 13.1 Å². The second-order valence-electron chi connectivity index (χ2n) is 3.05. The lowest BCUT2D eigenvalue weighted by Crippen LogP contribution is -2.43. The fourth-order valence-corrected chi connectivity index (χ4v) is 2.03. The summed E-state index contributed by atoms with van der Waals surface area (Å²) in [5.41, 5.74) is 0. The molecule has 0 aliphatic heterocycles. The number of carbonyl (C=O) groups excluding carboxylic acids is 1. The van der Waals surface area contributed by atoms with Gasteiger partial charge >= 0.3 is 0 Å². The highest BCUT2D eigenvalue weighted by molar-refractivity contribution is 7.89. The van der Waals surface area contributed by atoms with E-state index in [1.54, 1.807) is 13.8 Å². The lowest BCUT2D eigenvalue weighted by Gasteiger charge is -2.17. The van der Waals surface area contributed by atoms with Crippen molar-refractivity contribution in [3.63, 3.8) is 0 Å². The summed E-state index contributed by atoms with van der Waals surface area (Å²) in [6.45, 7) is 4.95. The Hall–Kier alpha value is -0.130. The molecule has 4 nitrogen and oxygen atoms in total. The summed E-state index contributed by atoms with van der Waals surface area (Å²) in [7, 11) is -3.36. The molecule has 13 heavy (non-hydrogen) atoms. The predicted molar refractivity (Wildman–Crippen MR) is 52.1 cm³/mol. The number of carbonyl (C=O) groups is 1. The molecule has 6 heteroatoms. The van der Waals surface area contributed by atoms with Gasteiger partial charge in [0.15, 0.2) is 0 Å². The van der Waals surface area contributed by atoms with Gasteiger partial charge in [0.25, 0.3) is 0 Å². The minimum absolute atomic E-state index is 0.0552. The highest BCUT2D eigenvalue weighted by Gasteiger charge is 2.24. The summed E-state index contributed by atoms with van der Waals surface area (Å²) in [5, 5.41) is -0.674. The van der Waals surface area contributed by atoms with Crippen molar-refractivity contribution in [1.29, 1.82) is 0 Å². The first-order valence-electron chi connectivity index (χ1n) is 3.99. The molecule has 0 amide bonds. The molecule has 0 aliphatic rings. The van der Waals surface area contributed by atoms with Gasteiger partial charge in [-0.2, -0.15) is 0 Å². The molecular weight excluding hydrogens is 214 g/mol. The van der Waals surface area contributed by atoms with Crippen LogP contribution in [-0.4, -0.2) is 25.5 Å². The zero-order chi connectivity index (χ0) is 10.6. The number of sulfonamides is 1. The van der Waals surface area contributed by atoms with E-state index in [2.05, 4.69) is 4.72 Å². The van der Waals surface area contributed by atoms with Crippen molar-refractivity contribution in [3.05, 3.63) is 0 Å². The first kappa shape index (κ1) is 12.9.